The van der Waals surface area contributed by atoms with Crippen molar-refractivity contribution in [1.82, 2.24) is 10.6 Å². The number of esters is 1. The van der Waals surface area contributed by atoms with Gasteiger partial charge in [0.15, 0.2) is 0 Å². The van der Waals surface area contributed by atoms with E-state index in [2.05, 4.69) is 15.6 Å². The van der Waals surface area contributed by atoms with Gasteiger partial charge in [-0.25, -0.2) is 19.4 Å². The highest BCUT2D eigenvalue weighted by Crippen LogP contribution is 2.21. The van der Waals surface area contributed by atoms with Crippen molar-refractivity contribution in [3.05, 3.63) is 59.2 Å². The molecule has 0 saturated heterocycles. The SMILES string of the molecule is Cc1cc(CO)ccc1OC(=O)c1ccc(N=C(NC(=O)OC(C)(C)C)NC(=O)OC(C)(C)C)cc1. The van der Waals surface area contributed by atoms with E-state index < -0.39 is 29.4 Å². The summed E-state index contributed by atoms with van der Waals surface area (Å²) in [6.45, 7) is 11.9. The van der Waals surface area contributed by atoms with Crippen molar-refractivity contribution >= 4 is 29.8 Å². The smallest absolute Gasteiger partial charge is 0.414 e. The first-order valence-electron chi connectivity index (χ1n) is 11.3. The van der Waals surface area contributed by atoms with Gasteiger partial charge in [0.2, 0.25) is 5.96 Å². The number of hydrogen-bond donors (Lipinski definition) is 3. The third-order valence-electron chi connectivity index (χ3n) is 4.21. The van der Waals surface area contributed by atoms with Crippen LogP contribution in [0, 0.1) is 6.92 Å². The normalized spacial score (nSPS) is 11.2. The molecule has 0 aliphatic heterocycles. The summed E-state index contributed by atoms with van der Waals surface area (Å²) in [5, 5.41) is 14.0. The molecule has 0 spiro atoms. The number of rotatable bonds is 4. The molecule has 10 nitrogen and oxygen atoms in total. The monoisotopic (exact) mass is 499 g/mol. The largest absolute Gasteiger partial charge is 0.444 e. The maximum Gasteiger partial charge on any atom is 0.414 e. The number of carbonyl (C=O) groups excluding carboxylic acids is 3. The zero-order chi connectivity index (χ0) is 27.1. The van der Waals surface area contributed by atoms with Crippen molar-refractivity contribution in [3.8, 4) is 5.75 Å². The maximum absolute atomic E-state index is 12.6. The van der Waals surface area contributed by atoms with Gasteiger partial charge in [-0.3, -0.25) is 10.6 Å². The molecule has 0 aliphatic rings. The Labute approximate surface area is 210 Å². The summed E-state index contributed by atoms with van der Waals surface area (Å²) in [4.78, 5) is 41.2. The van der Waals surface area contributed by atoms with Crippen LogP contribution in [0.15, 0.2) is 47.5 Å². The predicted molar refractivity (Wildman–Crippen MR) is 134 cm³/mol. The molecular formula is C26H33N3O7. The van der Waals surface area contributed by atoms with Crippen LogP contribution in [0.4, 0.5) is 15.3 Å². The molecule has 2 aromatic rings. The number of ether oxygens (including phenoxy) is 3. The molecule has 0 heterocycles. The van der Waals surface area contributed by atoms with E-state index in [0.29, 0.717) is 22.6 Å². The van der Waals surface area contributed by atoms with Gasteiger partial charge in [0.05, 0.1) is 17.9 Å². The number of aliphatic hydroxyl groups is 1. The van der Waals surface area contributed by atoms with Crippen LogP contribution in [0.25, 0.3) is 0 Å². The Bertz CT molecular complexity index is 1100. The minimum absolute atomic E-state index is 0.107. The lowest BCUT2D eigenvalue weighted by Gasteiger charge is -2.22. The predicted octanol–water partition coefficient (Wildman–Crippen LogP) is 4.74. The summed E-state index contributed by atoms with van der Waals surface area (Å²) in [6.07, 6.45) is -1.64. The molecule has 10 heteroatoms. The van der Waals surface area contributed by atoms with Gasteiger partial charge in [-0.15, -0.1) is 0 Å². The molecule has 36 heavy (non-hydrogen) atoms. The number of nitrogens with zero attached hydrogens (tertiary/aromatic N) is 1. The molecular weight excluding hydrogens is 466 g/mol. The Morgan fingerprint density at radius 3 is 1.83 bits per heavy atom. The summed E-state index contributed by atoms with van der Waals surface area (Å²) < 4.78 is 15.9. The number of hydrogen-bond acceptors (Lipinski definition) is 8. The van der Waals surface area contributed by atoms with E-state index >= 15 is 0 Å². The summed E-state index contributed by atoms with van der Waals surface area (Å²) in [7, 11) is 0. The molecule has 2 aromatic carbocycles. The second kappa shape index (κ2) is 11.7. The molecule has 0 fully saturated rings. The number of benzene rings is 2. The third kappa shape index (κ3) is 9.75. The van der Waals surface area contributed by atoms with Gasteiger partial charge in [0.25, 0.3) is 0 Å². The second-order valence-corrected chi connectivity index (χ2v) is 9.91. The maximum atomic E-state index is 12.6. The van der Waals surface area contributed by atoms with Crippen LogP contribution in [-0.2, 0) is 16.1 Å². The quantitative estimate of drug-likeness (QED) is 0.239. The summed E-state index contributed by atoms with van der Waals surface area (Å²) in [6, 6.07) is 11.1. The van der Waals surface area contributed by atoms with Crippen molar-refractivity contribution in [2.75, 3.05) is 0 Å². The summed E-state index contributed by atoms with van der Waals surface area (Å²) >= 11 is 0. The van der Waals surface area contributed by atoms with Crippen molar-refractivity contribution in [3.63, 3.8) is 0 Å². The van der Waals surface area contributed by atoms with Crippen molar-refractivity contribution < 1.29 is 33.7 Å². The lowest BCUT2D eigenvalue weighted by atomic mass is 10.1. The van der Waals surface area contributed by atoms with Crippen LogP contribution in [0.2, 0.25) is 0 Å². The van der Waals surface area contributed by atoms with Gasteiger partial charge in [0.1, 0.15) is 17.0 Å². The molecule has 194 valence electrons. The Morgan fingerprint density at radius 2 is 1.39 bits per heavy atom. The first-order chi connectivity index (χ1) is 16.6. The fourth-order valence-corrected chi connectivity index (χ4v) is 2.77. The van der Waals surface area contributed by atoms with E-state index in [-0.39, 0.29) is 18.1 Å². The molecule has 0 aromatic heterocycles. The standard InChI is InChI=1S/C26H33N3O7/c1-16-14-17(15-30)8-13-20(16)34-21(31)18-9-11-19(12-10-18)27-22(28-23(32)35-25(2,3)4)29-24(33)36-26(5,6)7/h8-14,30H,15H2,1-7H3,(H2,27,28,29,32,33). The van der Waals surface area contributed by atoms with Crippen LogP contribution in [0.3, 0.4) is 0 Å². The zero-order valence-electron chi connectivity index (χ0n) is 21.6. The Kier molecular flexibility index (Phi) is 9.18. The average Bonchev–Trinajstić information content (AvgIpc) is 2.72. The minimum Gasteiger partial charge on any atom is -0.444 e. The number of guanidine groups is 1. The molecule has 0 radical (unpaired) electrons. The van der Waals surface area contributed by atoms with Gasteiger partial charge in [-0.2, -0.15) is 0 Å². The lowest BCUT2D eigenvalue weighted by molar-refractivity contribution is 0.0544. The molecule has 2 rings (SSSR count). The number of aliphatic imine (C=N–C) groups is 1. The van der Waals surface area contributed by atoms with Crippen molar-refractivity contribution in [2.24, 2.45) is 4.99 Å². The highest BCUT2D eigenvalue weighted by Gasteiger charge is 2.21. The Morgan fingerprint density at radius 1 is 0.861 bits per heavy atom. The Balaban J connectivity index is 2.20. The Hall–Kier alpha value is -3.92. The van der Waals surface area contributed by atoms with E-state index in [9.17, 15) is 19.5 Å². The zero-order valence-corrected chi connectivity index (χ0v) is 21.6. The topological polar surface area (TPSA) is 136 Å². The van der Waals surface area contributed by atoms with E-state index in [1.54, 1.807) is 66.7 Å². The number of amides is 2. The van der Waals surface area contributed by atoms with E-state index in [1.165, 1.54) is 24.3 Å². The number of alkyl carbamates (subject to hydrolysis) is 2. The van der Waals surface area contributed by atoms with Crippen LogP contribution < -0.4 is 15.4 Å². The van der Waals surface area contributed by atoms with Gasteiger partial charge < -0.3 is 19.3 Å². The van der Waals surface area contributed by atoms with Crippen LogP contribution in [-0.4, -0.2) is 40.4 Å². The number of nitrogens with one attached hydrogen (secondary N) is 2. The molecule has 0 bridgehead atoms. The van der Waals surface area contributed by atoms with Gasteiger partial charge in [-0.05, 0) is 89.9 Å². The lowest BCUT2D eigenvalue weighted by Crippen LogP contribution is -2.47. The average molecular weight is 500 g/mol. The molecule has 3 N–H and O–H groups in total. The molecule has 0 atom stereocenters. The molecule has 0 unspecified atom stereocenters. The first kappa shape index (κ1) is 28.3. The fourth-order valence-electron chi connectivity index (χ4n) is 2.77. The highest BCUT2D eigenvalue weighted by atomic mass is 16.6. The van der Waals surface area contributed by atoms with Crippen LogP contribution >= 0.6 is 0 Å². The summed E-state index contributed by atoms with van der Waals surface area (Å²) in [5.41, 5.74) is 0.491. The number of aliphatic hydroxyl groups excluding tert-OH is 1. The van der Waals surface area contributed by atoms with Crippen molar-refractivity contribution in [1.29, 1.82) is 0 Å². The number of aryl methyl sites for hydroxylation is 1. The summed E-state index contributed by atoms with van der Waals surface area (Å²) in [5.74, 6) is -0.414. The molecule has 0 saturated carbocycles. The fraction of sp³-hybridized carbons (Fsp3) is 0.385. The van der Waals surface area contributed by atoms with Crippen molar-refractivity contribution in [2.45, 2.75) is 66.3 Å². The van der Waals surface area contributed by atoms with Gasteiger partial charge in [-0.1, -0.05) is 12.1 Å². The van der Waals surface area contributed by atoms with Gasteiger partial charge in [0, 0.05) is 0 Å². The van der Waals surface area contributed by atoms with E-state index in [4.69, 9.17) is 14.2 Å². The van der Waals surface area contributed by atoms with Gasteiger partial charge >= 0.3 is 18.2 Å². The molecule has 0 aliphatic carbocycles. The third-order valence-corrected chi connectivity index (χ3v) is 4.21. The van der Waals surface area contributed by atoms with Crippen LogP contribution in [0.1, 0.15) is 63.0 Å². The first-order valence-corrected chi connectivity index (χ1v) is 11.3. The van der Waals surface area contributed by atoms with E-state index in [0.717, 1.165) is 0 Å². The highest BCUT2D eigenvalue weighted by molar-refractivity contribution is 6.02. The van der Waals surface area contributed by atoms with E-state index in [1.807, 2.05) is 0 Å². The second-order valence-electron chi connectivity index (χ2n) is 9.91. The number of carbonyl (C=O) groups is 3. The molecule has 2 amide bonds. The van der Waals surface area contributed by atoms with Crippen LogP contribution in [0.5, 0.6) is 5.75 Å². The minimum atomic E-state index is -0.819.